The van der Waals surface area contributed by atoms with E-state index in [0.717, 1.165) is 5.69 Å². The van der Waals surface area contributed by atoms with Gasteiger partial charge in [-0.1, -0.05) is 0 Å². The van der Waals surface area contributed by atoms with Crippen molar-refractivity contribution in [3.63, 3.8) is 0 Å². The minimum Gasteiger partial charge on any atom is -0.481 e. The summed E-state index contributed by atoms with van der Waals surface area (Å²) in [7, 11) is 0. The summed E-state index contributed by atoms with van der Waals surface area (Å²) in [6.45, 7) is 2.04. The number of carbonyl (C=O) groups is 2. The highest BCUT2D eigenvalue weighted by Gasteiger charge is 2.35. The Morgan fingerprint density at radius 2 is 2.38 bits per heavy atom. The summed E-state index contributed by atoms with van der Waals surface area (Å²) in [6, 6.07) is 3.52. The Bertz CT molecular complexity index is 445. The lowest BCUT2D eigenvalue weighted by Gasteiger charge is -2.17. The molecule has 2 rings (SSSR count). The third kappa shape index (κ3) is 1.76. The second-order valence-electron chi connectivity index (χ2n) is 3.85. The van der Waals surface area contributed by atoms with Gasteiger partial charge >= 0.3 is 5.97 Å². The number of anilines is 1. The number of aryl methyl sites for hydroxylation is 1. The van der Waals surface area contributed by atoms with Crippen LogP contribution in [0.1, 0.15) is 12.1 Å². The van der Waals surface area contributed by atoms with Crippen LogP contribution in [0.15, 0.2) is 18.3 Å². The molecule has 1 N–H and O–H groups in total. The third-order valence-electron chi connectivity index (χ3n) is 2.74. The Labute approximate surface area is 92.7 Å². The Hall–Kier alpha value is -1.91. The molecular weight excluding hydrogens is 208 g/mol. The van der Waals surface area contributed by atoms with Crippen molar-refractivity contribution in [2.75, 3.05) is 11.4 Å². The molecule has 0 spiro atoms. The largest absolute Gasteiger partial charge is 0.481 e. The maximum atomic E-state index is 11.7. The SMILES string of the molecule is Cc1ncccc1N1CC(C(=O)O)CC1=O. The van der Waals surface area contributed by atoms with E-state index in [2.05, 4.69) is 4.98 Å². The van der Waals surface area contributed by atoms with Gasteiger partial charge in [-0.3, -0.25) is 14.6 Å². The van der Waals surface area contributed by atoms with Crippen molar-refractivity contribution in [1.82, 2.24) is 4.98 Å². The molecule has 1 aliphatic heterocycles. The first-order valence-corrected chi connectivity index (χ1v) is 5.04. The number of carboxylic acid groups (broad SMARTS) is 1. The summed E-state index contributed by atoms with van der Waals surface area (Å²) in [5.41, 5.74) is 1.44. The number of pyridine rings is 1. The second-order valence-corrected chi connectivity index (χ2v) is 3.85. The third-order valence-corrected chi connectivity index (χ3v) is 2.74. The maximum absolute atomic E-state index is 11.7. The lowest BCUT2D eigenvalue weighted by Crippen LogP contribution is -2.26. The zero-order valence-electron chi connectivity index (χ0n) is 8.88. The van der Waals surface area contributed by atoms with Gasteiger partial charge in [-0.2, -0.15) is 0 Å². The summed E-state index contributed by atoms with van der Waals surface area (Å²) in [5, 5.41) is 8.87. The number of hydrogen-bond donors (Lipinski definition) is 1. The van der Waals surface area contributed by atoms with Crippen LogP contribution in [0.2, 0.25) is 0 Å². The van der Waals surface area contributed by atoms with Crippen molar-refractivity contribution < 1.29 is 14.7 Å². The molecule has 5 heteroatoms. The second kappa shape index (κ2) is 3.92. The van der Waals surface area contributed by atoms with Crippen molar-refractivity contribution in [3.8, 4) is 0 Å². The van der Waals surface area contributed by atoms with Gasteiger partial charge in [-0.25, -0.2) is 0 Å². The molecule has 1 fully saturated rings. The molecule has 1 amide bonds. The normalized spacial score (nSPS) is 20.2. The molecule has 0 aliphatic carbocycles. The molecule has 0 saturated carbocycles. The van der Waals surface area contributed by atoms with Crippen molar-refractivity contribution in [3.05, 3.63) is 24.0 Å². The van der Waals surface area contributed by atoms with E-state index in [1.807, 2.05) is 0 Å². The number of amides is 1. The summed E-state index contributed by atoms with van der Waals surface area (Å²) in [4.78, 5) is 28.1. The van der Waals surface area contributed by atoms with Gasteiger partial charge in [-0.05, 0) is 19.1 Å². The molecule has 1 aromatic heterocycles. The molecular formula is C11H12N2O3. The minimum atomic E-state index is -0.919. The van der Waals surface area contributed by atoms with Gasteiger partial charge in [0.15, 0.2) is 0 Å². The molecule has 1 unspecified atom stereocenters. The highest BCUT2D eigenvalue weighted by Crippen LogP contribution is 2.26. The monoisotopic (exact) mass is 220 g/mol. The first-order chi connectivity index (χ1) is 7.59. The highest BCUT2D eigenvalue weighted by molar-refractivity contribution is 5.99. The maximum Gasteiger partial charge on any atom is 0.308 e. The van der Waals surface area contributed by atoms with Gasteiger partial charge in [0, 0.05) is 19.2 Å². The Morgan fingerprint density at radius 1 is 1.62 bits per heavy atom. The van der Waals surface area contributed by atoms with Crippen LogP contribution >= 0.6 is 0 Å². The average molecular weight is 220 g/mol. The van der Waals surface area contributed by atoms with E-state index in [0.29, 0.717) is 5.69 Å². The molecule has 0 radical (unpaired) electrons. The fourth-order valence-corrected chi connectivity index (χ4v) is 1.87. The highest BCUT2D eigenvalue weighted by atomic mass is 16.4. The zero-order valence-corrected chi connectivity index (χ0v) is 8.88. The van der Waals surface area contributed by atoms with E-state index in [9.17, 15) is 9.59 Å². The van der Waals surface area contributed by atoms with E-state index < -0.39 is 11.9 Å². The average Bonchev–Trinajstić information content (AvgIpc) is 2.61. The van der Waals surface area contributed by atoms with E-state index in [1.165, 1.54) is 4.90 Å². The van der Waals surface area contributed by atoms with Gasteiger partial charge in [0.1, 0.15) is 0 Å². The molecule has 5 nitrogen and oxygen atoms in total. The molecule has 1 atom stereocenters. The van der Waals surface area contributed by atoms with E-state index in [-0.39, 0.29) is 18.9 Å². The molecule has 16 heavy (non-hydrogen) atoms. The quantitative estimate of drug-likeness (QED) is 0.801. The number of carboxylic acids is 1. The van der Waals surface area contributed by atoms with Crippen LogP contribution in [0.25, 0.3) is 0 Å². The first kappa shape index (κ1) is 10.6. The number of aromatic nitrogens is 1. The standard InChI is InChI=1S/C11H12N2O3/c1-7-9(3-2-4-12-7)13-6-8(11(15)16)5-10(13)14/h2-4,8H,5-6H2,1H3,(H,15,16). The van der Waals surface area contributed by atoms with Crippen LogP contribution in [0, 0.1) is 12.8 Å². The molecule has 0 bridgehead atoms. The number of aliphatic carboxylic acids is 1. The lowest BCUT2D eigenvalue weighted by molar-refractivity contribution is -0.141. The van der Waals surface area contributed by atoms with E-state index >= 15 is 0 Å². The van der Waals surface area contributed by atoms with Gasteiger partial charge < -0.3 is 10.0 Å². The van der Waals surface area contributed by atoms with Crippen LogP contribution in [-0.4, -0.2) is 28.5 Å². The predicted molar refractivity (Wildman–Crippen MR) is 57.1 cm³/mol. The van der Waals surface area contributed by atoms with Crippen LogP contribution in [0.3, 0.4) is 0 Å². The van der Waals surface area contributed by atoms with Gasteiger partial charge in [0.2, 0.25) is 5.91 Å². The molecule has 1 aliphatic rings. The van der Waals surface area contributed by atoms with Crippen LogP contribution < -0.4 is 4.90 Å². The van der Waals surface area contributed by atoms with E-state index in [4.69, 9.17) is 5.11 Å². The topological polar surface area (TPSA) is 70.5 Å². The van der Waals surface area contributed by atoms with E-state index in [1.54, 1.807) is 25.3 Å². The Kier molecular flexibility index (Phi) is 2.60. The Morgan fingerprint density at radius 3 is 2.94 bits per heavy atom. The van der Waals surface area contributed by atoms with Crippen molar-refractivity contribution in [1.29, 1.82) is 0 Å². The molecule has 1 aromatic rings. The van der Waals surface area contributed by atoms with Crippen LogP contribution in [-0.2, 0) is 9.59 Å². The van der Waals surface area contributed by atoms with Gasteiger partial charge in [-0.15, -0.1) is 0 Å². The predicted octanol–water partition coefficient (Wildman–Crippen LogP) is 0.828. The Balaban J connectivity index is 2.27. The number of carbonyl (C=O) groups excluding carboxylic acids is 1. The first-order valence-electron chi connectivity index (χ1n) is 5.04. The van der Waals surface area contributed by atoms with Crippen molar-refractivity contribution >= 4 is 17.6 Å². The summed E-state index contributed by atoms with van der Waals surface area (Å²) >= 11 is 0. The molecule has 1 saturated heterocycles. The fourth-order valence-electron chi connectivity index (χ4n) is 1.87. The van der Waals surface area contributed by atoms with Gasteiger partial charge in [0.25, 0.3) is 0 Å². The lowest BCUT2D eigenvalue weighted by atomic mass is 10.1. The molecule has 0 aromatic carbocycles. The van der Waals surface area contributed by atoms with Gasteiger partial charge in [0.05, 0.1) is 17.3 Å². The van der Waals surface area contributed by atoms with Crippen molar-refractivity contribution in [2.24, 2.45) is 5.92 Å². The summed E-state index contributed by atoms with van der Waals surface area (Å²) in [6.07, 6.45) is 1.72. The summed E-state index contributed by atoms with van der Waals surface area (Å²) in [5.74, 6) is -1.67. The minimum absolute atomic E-state index is 0.0731. The fraction of sp³-hybridized carbons (Fsp3) is 0.364. The van der Waals surface area contributed by atoms with Crippen LogP contribution in [0.5, 0.6) is 0 Å². The van der Waals surface area contributed by atoms with Crippen molar-refractivity contribution in [2.45, 2.75) is 13.3 Å². The number of nitrogens with zero attached hydrogens (tertiary/aromatic N) is 2. The zero-order chi connectivity index (χ0) is 11.7. The number of hydrogen-bond acceptors (Lipinski definition) is 3. The smallest absolute Gasteiger partial charge is 0.308 e. The summed E-state index contributed by atoms with van der Waals surface area (Å²) < 4.78 is 0. The van der Waals surface area contributed by atoms with Crippen LogP contribution in [0.4, 0.5) is 5.69 Å². The molecule has 2 heterocycles. The number of rotatable bonds is 2. The molecule has 84 valence electrons.